The van der Waals surface area contributed by atoms with E-state index in [-0.39, 0.29) is 11.8 Å². The summed E-state index contributed by atoms with van der Waals surface area (Å²) < 4.78 is 38.2. The maximum absolute atomic E-state index is 12.7. The minimum absolute atomic E-state index is 0.0531. The predicted octanol–water partition coefficient (Wildman–Crippen LogP) is 2.68. The van der Waals surface area contributed by atoms with Gasteiger partial charge in [-0.1, -0.05) is 6.92 Å². The van der Waals surface area contributed by atoms with Crippen LogP contribution in [-0.2, 0) is 6.18 Å². The Bertz CT molecular complexity index is 450. The van der Waals surface area contributed by atoms with Crippen LogP contribution in [0.4, 0.5) is 24.9 Å². The summed E-state index contributed by atoms with van der Waals surface area (Å²) in [5, 5.41) is 5.44. The van der Waals surface area contributed by atoms with E-state index in [4.69, 9.17) is 0 Å². The van der Waals surface area contributed by atoms with Gasteiger partial charge in [0.1, 0.15) is 5.82 Å². The predicted molar refractivity (Wildman–Crippen MR) is 77.5 cm³/mol. The van der Waals surface area contributed by atoms with Crippen LogP contribution in [0.25, 0.3) is 0 Å². The lowest BCUT2D eigenvalue weighted by molar-refractivity contribution is -0.141. The Morgan fingerprint density at radius 3 is 2.52 bits per heavy atom. The molecule has 8 heteroatoms. The molecule has 1 rings (SSSR count). The van der Waals surface area contributed by atoms with Gasteiger partial charge < -0.3 is 15.5 Å². The summed E-state index contributed by atoms with van der Waals surface area (Å²) >= 11 is 0. The van der Waals surface area contributed by atoms with Gasteiger partial charge in [0.05, 0.1) is 0 Å². The van der Waals surface area contributed by atoms with Gasteiger partial charge in [-0.05, 0) is 20.4 Å². The lowest BCUT2D eigenvalue weighted by Crippen LogP contribution is -2.32. The van der Waals surface area contributed by atoms with Crippen molar-refractivity contribution in [2.24, 2.45) is 0 Å². The fraction of sp³-hybridized carbons (Fsp3) is 0.692. The second-order valence-electron chi connectivity index (χ2n) is 4.87. The van der Waals surface area contributed by atoms with Gasteiger partial charge in [0.15, 0.2) is 5.69 Å². The summed E-state index contributed by atoms with van der Waals surface area (Å²) in [5.41, 5.74) is -0.959. The Balaban J connectivity index is 2.71. The number of likely N-dealkylation sites (N-methyl/N-ethyl adjacent to an activating group) is 1. The van der Waals surface area contributed by atoms with E-state index in [0.717, 1.165) is 19.0 Å². The number of nitrogens with one attached hydrogen (secondary N) is 2. The van der Waals surface area contributed by atoms with Crippen LogP contribution in [0.15, 0.2) is 6.07 Å². The van der Waals surface area contributed by atoms with E-state index < -0.39 is 11.9 Å². The van der Waals surface area contributed by atoms with E-state index in [1.54, 1.807) is 0 Å². The van der Waals surface area contributed by atoms with Crippen LogP contribution in [0.2, 0.25) is 0 Å². The zero-order valence-electron chi connectivity index (χ0n) is 12.8. The molecule has 0 amide bonds. The van der Waals surface area contributed by atoms with Crippen molar-refractivity contribution in [2.75, 3.05) is 37.8 Å². The highest BCUT2D eigenvalue weighted by atomic mass is 19.4. The highest BCUT2D eigenvalue weighted by Gasteiger charge is 2.33. The van der Waals surface area contributed by atoms with E-state index in [1.807, 2.05) is 7.05 Å². The average Bonchev–Trinajstić information content (AvgIpc) is 2.44. The van der Waals surface area contributed by atoms with E-state index in [9.17, 15) is 13.2 Å². The molecule has 0 saturated carbocycles. The molecule has 1 aromatic heterocycles. The Labute approximate surface area is 123 Å². The van der Waals surface area contributed by atoms with Gasteiger partial charge in [-0.15, -0.1) is 0 Å². The lowest BCUT2D eigenvalue weighted by atomic mass is 10.2. The van der Waals surface area contributed by atoms with E-state index >= 15 is 0 Å². The van der Waals surface area contributed by atoms with Gasteiger partial charge in [0, 0.05) is 32.2 Å². The van der Waals surface area contributed by atoms with Crippen LogP contribution < -0.4 is 10.6 Å². The monoisotopic (exact) mass is 305 g/mol. The maximum Gasteiger partial charge on any atom is 0.433 e. The summed E-state index contributed by atoms with van der Waals surface area (Å²) in [6, 6.07) is 1.35. The van der Waals surface area contributed by atoms with Gasteiger partial charge in [-0.25, -0.2) is 4.98 Å². The molecule has 120 valence electrons. The summed E-state index contributed by atoms with van der Waals surface area (Å²) in [7, 11) is 3.46. The third-order valence-corrected chi connectivity index (χ3v) is 3.35. The first-order valence-corrected chi connectivity index (χ1v) is 6.86. The highest BCUT2D eigenvalue weighted by molar-refractivity contribution is 5.42. The van der Waals surface area contributed by atoms with Gasteiger partial charge in [-0.2, -0.15) is 18.2 Å². The number of anilines is 2. The molecule has 0 radical (unpaired) electrons. The molecular weight excluding hydrogens is 283 g/mol. The van der Waals surface area contributed by atoms with Crippen LogP contribution in [0.1, 0.15) is 26.0 Å². The van der Waals surface area contributed by atoms with Crippen molar-refractivity contribution in [1.82, 2.24) is 14.9 Å². The SMILES string of the molecule is CCC(C)N(C)CCNc1cc(C(F)(F)F)nc(NC)n1. The fourth-order valence-electron chi connectivity index (χ4n) is 1.69. The first-order valence-electron chi connectivity index (χ1n) is 6.86. The molecule has 1 atom stereocenters. The zero-order valence-corrected chi connectivity index (χ0v) is 12.8. The van der Waals surface area contributed by atoms with Crippen molar-refractivity contribution in [1.29, 1.82) is 0 Å². The molecule has 0 aliphatic carbocycles. The zero-order chi connectivity index (χ0) is 16.0. The van der Waals surface area contributed by atoms with Crippen molar-refractivity contribution >= 4 is 11.8 Å². The normalized spacial score (nSPS) is 13.3. The number of hydrogen-bond donors (Lipinski definition) is 2. The Morgan fingerprint density at radius 2 is 2.00 bits per heavy atom. The molecule has 2 N–H and O–H groups in total. The molecule has 5 nitrogen and oxygen atoms in total. The van der Waals surface area contributed by atoms with Crippen LogP contribution >= 0.6 is 0 Å². The molecule has 0 aromatic carbocycles. The van der Waals surface area contributed by atoms with Crippen molar-refractivity contribution in [3.05, 3.63) is 11.8 Å². The minimum Gasteiger partial charge on any atom is -0.369 e. The molecule has 0 aliphatic heterocycles. The number of aromatic nitrogens is 2. The first-order chi connectivity index (χ1) is 9.77. The van der Waals surface area contributed by atoms with Gasteiger partial charge in [-0.3, -0.25) is 0 Å². The molecular formula is C13H22F3N5. The fourth-order valence-corrected chi connectivity index (χ4v) is 1.69. The third-order valence-electron chi connectivity index (χ3n) is 3.35. The molecule has 1 heterocycles. The van der Waals surface area contributed by atoms with E-state index in [1.165, 1.54) is 7.05 Å². The van der Waals surface area contributed by atoms with Crippen LogP contribution in [0.3, 0.4) is 0 Å². The Kier molecular flexibility index (Phi) is 6.19. The van der Waals surface area contributed by atoms with Crippen LogP contribution in [-0.4, -0.2) is 48.1 Å². The standard InChI is InChI=1S/C13H22F3N5/c1-5-9(2)21(4)7-6-18-11-8-10(13(14,15)16)19-12(17-3)20-11/h8-9H,5-7H2,1-4H3,(H2,17,18,19,20). The Morgan fingerprint density at radius 1 is 1.33 bits per heavy atom. The number of rotatable bonds is 7. The number of halogens is 3. The lowest BCUT2D eigenvalue weighted by Gasteiger charge is -2.23. The smallest absolute Gasteiger partial charge is 0.369 e. The molecule has 0 saturated heterocycles. The first kappa shape index (κ1) is 17.5. The highest BCUT2D eigenvalue weighted by Crippen LogP contribution is 2.29. The van der Waals surface area contributed by atoms with Crippen LogP contribution in [0.5, 0.6) is 0 Å². The van der Waals surface area contributed by atoms with Gasteiger partial charge >= 0.3 is 6.18 Å². The quantitative estimate of drug-likeness (QED) is 0.811. The molecule has 0 aliphatic rings. The largest absolute Gasteiger partial charge is 0.433 e. The molecule has 1 aromatic rings. The molecule has 0 bridgehead atoms. The number of alkyl halides is 3. The summed E-state index contributed by atoms with van der Waals surface area (Å²) in [6.45, 7) is 5.42. The van der Waals surface area contributed by atoms with Crippen molar-refractivity contribution in [3.8, 4) is 0 Å². The van der Waals surface area contributed by atoms with E-state index in [2.05, 4.69) is 39.3 Å². The summed E-state index contributed by atoms with van der Waals surface area (Å²) in [6.07, 6.45) is -3.47. The molecule has 1 unspecified atom stereocenters. The summed E-state index contributed by atoms with van der Waals surface area (Å²) in [5.74, 6) is 0.113. The van der Waals surface area contributed by atoms with Crippen LogP contribution in [0, 0.1) is 0 Å². The second-order valence-corrected chi connectivity index (χ2v) is 4.87. The third kappa shape index (κ3) is 5.37. The second kappa shape index (κ2) is 7.44. The van der Waals surface area contributed by atoms with Crippen molar-refractivity contribution in [2.45, 2.75) is 32.5 Å². The van der Waals surface area contributed by atoms with E-state index in [0.29, 0.717) is 12.6 Å². The van der Waals surface area contributed by atoms with Crippen molar-refractivity contribution in [3.63, 3.8) is 0 Å². The maximum atomic E-state index is 12.7. The van der Waals surface area contributed by atoms with Gasteiger partial charge in [0.2, 0.25) is 5.95 Å². The topological polar surface area (TPSA) is 53.1 Å². The molecule has 0 fully saturated rings. The number of hydrogen-bond acceptors (Lipinski definition) is 5. The molecule has 21 heavy (non-hydrogen) atoms. The minimum atomic E-state index is -4.49. The number of nitrogens with zero attached hydrogens (tertiary/aromatic N) is 3. The average molecular weight is 305 g/mol. The van der Waals surface area contributed by atoms with Gasteiger partial charge in [0.25, 0.3) is 0 Å². The Hall–Kier alpha value is -1.57. The molecule has 0 spiro atoms. The van der Waals surface area contributed by atoms with Crippen molar-refractivity contribution < 1.29 is 13.2 Å². The summed E-state index contributed by atoms with van der Waals surface area (Å²) in [4.78, 5) is 9.52.